The molecule has 0 unspecified atom stereocenters. The van der Waals surface area contributed by atoms with Gasteiger partial charge in [0.2, 0.25) is 0 Å². The van der Waals surface area contributed by atoms with E-state index in [2.05, 4.69) is 0 Å². The topological polar surface area (TPSA) is 46.5 Å². The Morgan fingerprint density at radius 1 is 1.21 bits per heavy atom. The van der Waals surface area contributed by atoms with Crippen LogP contribution >= 0.6 is 11.8 Å². The van der Waals surface area contributed by atoms with Crippen molar-refractivity contribution in [3.05, 3.63) is 48.0 Å². The van der Waals surface area contributed by atoms with Gasteiger partial charge in [0.15, 0.2) is 0 Å². The normalized spacial score (nSPS) is 10.2. The molecule has 0 amide bonds. The van der Waals surface area contributed by atoms with Gasteiger partial charge in [-0.2, -0.15) is 0 Å². The van der Waals surface area contributed by atoms with Gasteiger partial charge in [-0.3, -0.25) is 0 Å². The van der Waals surface area contributed by atoms with E-state index in [0.717, 1.165) is 10.5 Å². The van der Waals surface area contributed by atoms with Gasteiger partial charge in [0.25, 0.3) is 0 Å². The first-order chi connectivity index (χ1) is 9.15. The van der Waals surface area contributed by atoms with Crippen molar-refractivity contribution in [2.75, 3.05) is 13.4 Å². The summed E-state index contributed by atoms with van der Waals surface area (Å²) in [7, 11) is 1.59. The van der Waals surface area contributed by atoms with Gasteiger partial charge in [0.1, 0.15) is 5.75 Å². The van der Waals surface area contributed by atoms with E-state index in [1.807, 2.05) is 42.7 Å². The highest BCUT2D eigenvalue weighted by Gasteiger charge is 2.13. The SMILES string of the molecule is COc1cccc(-c2ccc(SC)cc2C(=O)O)c1. The van der Waals surface area contributed by atoms with Gasteiger partial charge in [-0.25, -0.2) is 4.79 Å². The predicted molar refractivity (Wildman–Crippen MR) is 77.2 cm³/mol. The lowest BCUT2D eigenvalue weighted by molar-refractivity contribution is 0.0697. The number of methoxy groups -OCH3 is 1. The zero-order valence-corrected chi connectivity index (χ0v) is 11.5. The van der Waals surface area contributed by atoms with Crippen molar-refractivity contribution < 1.29 is 14.6 Å². The fraction of sp³-hybridized carbons (Fsp3) is 0.133. The molecule has 1 N–H and O–H groups in total. The van der Waals surface area contributed by atoms with E-state index < -0.39 is 5.97 Å². The van der Waals surface area contributed by atoms with Crippen molar-refractivity contribution >= 4 is 17.7 Å². The number of hydrogen-bond donors (Lipinski definition) is 1. The average molecular weight is 274 g/mol. The van der Waals surface area contributed by atoms with Crippen LogP contribution in [-0.4, -0.2) is 24.4 Å². The largest absolute Gasteiger partial charge is 0.497 e. The van der Waals surface area contributed by atoms with Gasteiger partial charge < -0.3 is 9.84 Å². The van der Waals surface area contributed by atoms with E-state index >= 15 is 0 Å². The molecule has 0 aliphatic rings. The second-order valence-electron chi connectivity index (χ2n) is 3.95. The first kappa shape index (κ1) is 13.5. The minimum absolute atomic E-state index is 0.306. The molecular weight excluding hydrogens is 260 g/mol. The summed E-state index contributed by atoms with van der Waals surface area (Å²) in [6, 6.07) is 12.9. The Balaban J connectivity index is 2.57. The lowest BCUT2D eigenvalue weighted by Gasteiger charge is -2.09. The van der Waals surface area contributed by atoms with Crippen molar-refractivity contribution in [2.45, 2.75) is 4.90 Å². The molecule has 0 fully saturated rings. The maximum Gasteiger partial charge on any atom is 0.336 e. The molecule has 0 spiro atoms. The predicted octanol–water partition coefficient (Wildman–Crippen LogP) is 3.78. The first-order valence-corrected chi connectivity index (χ1v) is 6.94. The Morgan fingerprint density at radius 2 is 2.00 bits per heavy atom. The maximum absolute atomic E-state index is 11.4. The van der Waals surface area contributed by atoms with Crippen LogP contribution in [0.25, 0.3) is 11.1 Å². The summed E-state index contributed by atoms with van der Waals surface area (Å²) in [4.78, 5) is 12.3. The summed E-state index contributed by atoms with van der Waals surface area (Å²) in [6.45, 7) is 0. The van der Waals surface area contributed by atoms with Crippen LogP contribution in [0.1, 0.15) is 10.4 Å². The Labute approximate surface area is 116 Å². The molecule has 2 rings (SSSR count). The van der Waals surface area contributed by atoms with Gasteiger partial charge in [0, 0.05) is 4.90 Å². The van der Waals surface area contributed by atoms with E-state index in [1.165, 1.54) is 11.8 Å². The smallest absolute Gasteiger partial charge is 0.336 e. The van der Waals surface area contributed by atoms with Gasteiger partial charge >= 0.3 is 5.97 Å². The lowest BCUT2D eigenvalue weighted by atomic mass is 9.99. The molecule has 0 saturated heterocycles. The number of rotatable bonds is 4. The second-order valence-corrected chi connectivity index (χ2v) is 4.83. The fourth-order valence-corrected chi connectivity index (χ4v) is 2.31. The Hall–Kier alpha value is -1.94. The molecule has 0 atom stereocenters. The molecule has 0 bridgehead atoms. The van der Waals surface area contributed by atoms with Gasteiger partial charge in [-0.15, -0.1) is 11.8 Å². The third kappa shape index (κ3) is 2.90. The molecule has 98 valence electrons. The van der Waals surface area contributed by atoms with Crippen LogP contribution in [0.15, 0.2) is 47.4 Å². The van der Waals surface area contributed by atoms with E-state index in [-0.39, 0.29) is 0 Å². The molecule has 4 heteroatoms. The van der Waals surface area contributed by atoms with Gasteiger partial charge in [-0.05, 0) is 41.6 Å². The number of hydrogen-bond acceptors (Lipinski definition) is 3. The van der Waals surface area contributed by atoms with Crippen molar-refractivity contribution in [1.82, 2.24) is 0 Å². The molecule has 0 aliphatic carbocycles. The highest BCUT2D eigenvalue weighted by Crippen LogP contribution is 2.29. The van der Waals surface area contributed by atoms with Crippen LogP contribution in [0.5, 0.6) is 5.75 Å². The quantitative estimate of drug-likeness (QED) is 0.862. The molecular formula is C15H14O3S. The van der Waals surface area contributed by atoms with E-state index in [1.54, 1.807) is 13.2 Å². The van der Waals surface area contributed by atoms with E-state index in [0.29, 0.717) is 16.9 Å². The third-order valence-corrected chi connectivity index (χ3v) is 3.56. The molecule has 0 aromatic heterocycles. The summed E-state index contributed by atoms with van der Waals surface area (Å²) >= 11 is 1.52. The first-order valence-electron chi connectivity index (χ1n) is 5.71. The van der Waals surface area contributed by atoms with Crippen molar-refractivity contribution in [2.24, 2.45) is 0 Å². The number of carbonyl (C=O) groups is 1. The van der Waals surface area contributed by atoms with Crippen LogP contribution in [0.2, 0.25) is 0 Å². The zero-order chi connectivity index (χ0) is 13.8. The monoisotopic (exact) mass is 274 g/mol. The van der Waals surface area contributed by atoms with Gasteiger partial charge in [0.05, 0.1) is 12.7 Å². The van der Waals surface area contributed by atoms with Crippen LogP contribution in [0, 0.1) is 0 Å². The molecule has 3 nitrogen and oxygen atoms in total. The number of carboxylic acid groups (broad SMARTS) is 1. The summed E-state index contributed by atoms with van der Waals surface area (Å²) in [6.07, 6.45) is 1.92. The standard InChI is InChI=1S/C15H14O3S/c1-18-11-5-3-4-10(8-11)13-7-6-12(19-2)9-14(13)15(16)17/h3-9H,1-2H3,(H,16,17). The lowest BCUT2D eigenvalue weighted by Crippen LogP contribution is -2.00. The van der Waals surface area contributed by atoms with Crippen LogP contribution in [-0.2, 0) is 0 Å². The van der Waals surface area contributed by atoms with Crippen molar-refractivity contribution in [3.8, 4) is 16.9 Å². The van der Waals surface area contributed by atoms with E-state index in [4.69, 9.17) is 4.74 Å². The van der Waals surface area contributed by atoms with Crippen LogP contribution in [0.3, 0.4) is 0 Å². The van der Waals surface area contributed by atoms with Crippen LogP contribution in [0.4, 0.5) is 0 Å². The molecule has 2 aromatic rings. The number of thioether (sulfide) groups is 1. The highest BCUT2D eigenvalue weighted by atomic mass is 32.2. The molecule has 2 aromatic carbocycles. The average Bonchev–Trinajstić information content (AvgIpc) is 2.46. The molecule has 0 radical (unpaired) electrons. The minimum atomic E-state index is -0.922. The maximum atomic E-state index is 11.4. The fourth-order valence-electron chi connectivity index (χ4n) is 1.87. The number of carboxylic acids is 1. The summed E-state index contributed by atoms with van der Waals surface area (Å²) < 4.78 is 5.17. The van der Waals surface area contributed by atoms with E-state index in [9.17, 15) is 9.90 Å². The molecule has 0 saturated carbocycles. The zero-order valence-electron chi connectivity index (χ0n) is 10.7. The second kappa shape index (κ2) is 5.80. The number of aromatic carboxylic acids is 1. The third-order valence-electron chi connectivity index (χ3n) is 2.84. The molecule has 0 heterocycles. The molecule has 19 heavy (non-hydrogen) atoms. The Bertz CT molecular complexity index is 608. The van der Waals surface area contributed by atoms with Crippen molar-refractivity contribution in [3.63, 3.8) is 0 Å². The molecule has 0 aliphatic heterocycles. The van der Waals surface area contributed by atoms with Crippen molar-refractivity contribution in [1.29, 1.82) is 0 Å². The Kier molecular flexibility index (Phi) is 4.12. The number of benzene rings is 2. The number of ether oxygens (including phenoxy) is 1. The summed E-state index contributed by atoms with van der Waals surface area (Å²) in [5.41, 5.74) is 1.84. The van der Waals surface area contributed by atoms with Crippen LogP contribution < -0.4 is 4.74 Å². The highest BCUT2D eigenvalue weighted by molar-refractivity contribution is 7.98. The summed E-state index contributed by atoms with van der Waals surface area (Å²) in [5, 5.41) is 9.33. The Morgan fingerprint density at radius 3 is 2.63 bits per heavy atom. The minimum Gasteiger partial charge on any atom is -0.497 e. The summed E-state index contributed by atoms with van der Waals surface area (Å²) in [5.74, 6) is -0.212. The van der Waals surface area contributed by atoms with Gasteiger partial charge in [-0.1, -0.05) is 18.2 Å².